The molecule has 1 aromatic rings. The highest BCUT2D eigenvalue weighted by Crippen LogP contribution is 2.29. The number of sulfonamides is 1. The first-order valence-corrected chi connectivity index (χ1v) is 8.01. The van der Waals surface area contributed by atoms with Gasteiger partial charge in [0.1, 0.15) is 10.6 Å². The lowest BCUT2D eigenvalue weighted by Crippen LogP contribution is -2.19. The van der Waals surface area contributed by atoms with Crippen molar-refractivity contribution in [1.29, 1.82) is 0 Å². The van der Waals surface area contributed by atoms with E-state index < -0.39 is 22.0 Å². The van der Waals surface area contributed by atoms with Gasteiger partial charge in [-0.05, 0) is 28.1 Å². The Balaban J connectivity index is 3.37. The molecule has 1 rings (SSSR count). The monoisotopic (exact) mass is 392 g/mol. The Bertz CT molecular complexity index is 729. The van der Waals surface area contributed by atoms with Crippen LogP contribution in [0.25, 0.3) is 0 Å². The van der Waals surface area contributed by atoms with Crippen molar-refractivity contribution in [3.8, 4) is 0 Å². The number of primary sulfonamides is 1. The third-order valence-electron chi connectivity index (χ3n) is 2.39. The van der Waals surface area contributed by atoms with Crippen molar-refractivity contribution >= 4 is 43.6 Å². The van der Waals surface area contributed by atoms with Crippen LogP contribution in [0.1, 0.15) is 0 Å². The largest absolute Gasteiger partial charge is 0.466 e. The molecule has 8 nitrogen and oxygen atoms in total. The highest BCUT2D eigenvalue weighted by atomic mass is 79.9. The molecule has 0 unspecified atom stereocenters. The molecule has 0 atom stereocenters. The standard InChI is InChI=1S/C12H13BrN2O6S/c1-20-10(16)6-9(12(17)21-2)15-8-5-3-4-7(13)11(8)22(14,18)19/h3-6,15H,1-2H3,(H2,14,18,19)/b9-6+. The SMILES string of the molecule is COC(=O)/C=C(/Nc1cccc(Br)c1S(N)(=O)=O)C(=O)OC. The summed E-state index contributed by atoms with van der Waals surface area (Å²) in [4.78, 5) is 22.7. The van der Waals surface area contributed by atoms with Crippen LogP contribution in [0.2, 0.25) is 0 Å². The van der Waals surface area contributed by atoms with E-state index in [9.17, 15) is 18.0 Å². The minimum absolute atomic E-state index is 0.00238. The zero-order valence-electron chi connectivity index (χ0n) is 11.6. The molecule has 120 valence electrons. The van der Waals surface area contributed by atoms with Crippen LogP contribution in [-0.4, -0.2) is 34.6 Å². The van der Waals surface area contributed by atoms with Crippen LogP contribution in [0.5, 0.6) is 0 Å². The molecular weight excluding hydrogens is 380 g/mol. The average molecular weight is 393 g/mol. The van der Waals surface area contributed by atoms with E-state index in [1.807, 2.05) is 0 Å². The number of carbonyl (C=O) groups excluding carboxylic acids is 2. The van der Waals surface area contributed by atoms with Crippen molar-refractivity contribution in [2.75, 3.05) is 19.5 Å². The molecule has 1 aromatic carbocycles. The Morgan fingerprint density at radius 2 is 1.91 bits per heavy atom. The number of esters is 2. The van der Waals surface area contributed by atoms with Gasteiger partial charge in [0, 0.05) is 4.47 Å². The molecule has 22 heavy (non-hydrogen) atoms. The molecular formula is C12H13BrN2O6S. The molecule has 0 bridgehead atoms. The van der Waals surface area contributed by atoms with E-state index in [1.165, 1.54) is 18.2 Å². The van der Waals surface area contributed by atoms with Crippen molar-refractivity contribution in [3.05, 3.63) is 34.4 Å². The van der Waals surface area contributed by atoms with Crippen molar-refractivity contribution in [2.24, 2.45) is 5.14 Å². The molecule has 0 aliphatic carbocycles. The van der Waals surface area contributed by atoms with Gasteiger partial charge in [-0.1, -0.05) is 6.07 Å². The fourth-order valence-corrected chi connectivity index (χ4v) is 3.28. The van der Waals surface area contributed by atoms with Gasteiger partial charge < -0.3 is 14.8 Å². The molecule has 0 heterocycles. The van der Waals surface area contributed by atoms with Gasteiger partial charge in [0.15, 0.2) is 0 Å². The molecule has 0 aliphatic heterocycles. The van der Waals surface area contributed by atoms with Gasteiger partial charge in [-0.2, -0.15) is 0 Å². The van der Waals surface area contributed by atoms with Gasteiger partial charge in [-0.25, -0.2) is 23.1 Å². The van der Waals surface area contributed by atoms with Gasteiger partial charge in [0.05, 0.1) is 26.0 Å². The normalized spacial score (nSPS) is 11.7. The summed E-state index contributed by atoms with van der Waals surface area (Å²) in [6.45, 7) is 0. The molecule has 0 spiro atoms. The number of carbonyl (C=O) groups is 2. The average Bonchev–Trinajstić information content (AvgIpc) is 2.44. The molecule has 10 heteroatoms. The maximum absolute atomic E-state index is 11.7. The zero-order chi connectivity index (χ0) is 16.9. The minimum Gasteiger partial charge on any atom is -0.466 e. The molecule has 0 radical (unpaired) electrons. The summed E-state index contributed by atoms with van der Waals surface area (Å²) in [6, 6.07) is 4.36. The first kappa shape index (κ1) is 18.1. The van der Waals surface area contributed by atoms with E-state index in [0.717, 1.165) is 20.3 Å². The number of nitrogens with two attached hydrogens (primary N) is 1. The number of methoxy groups -OCH3 is 2. The van der Waals surface area contributed by atoms with Gasteiger partial charge in [-0.15, -0.1) is 0 Å². The minimum atomic E-state index is -4.08. The lowest BCUT2D eigenvalue weighted by atomic mass is 10.3. The Morgan fingerprint density at radius 3 is 2.41 bits per heavy atom. The van der Waals surface area contributed by atoms with Crippen LogP contribution in [0.3, 0.4) is 0 Å². The third-order valence-corrected chi connectivity index (χ3v) is 4.32. The van der Waals surface area contributed by atoms with Crippen molar-refractivity contribution in [2.45, 2.75) is 4.90 Å². The van der Waals surface area contributed by atoms with E-state index >= 15 is 0 Å². The van der Waals surface area contributed by atoms with E-state index in [2.05, 4.69) is 30.7 Å². The number of anilines is 1. The number of hydrogen-bond acceptors (Lipinski definition) is 7. The quantitative estimate of drug-likeness (QED) is 0.558. The maximum atomic E-state index is 11.7. The predicted octanol–water partition coefficient (Wildman–Crippen LogP) is 0.738. The molecule has 0 amide bonds. The lowest BCUT2D eigenvalue weighted by molar-refractivity contribution is -0.138. The molecule has 0 saturated heterocycles. The smallest absolute Gasteiger partial charge is 0.354 e. The Labute approximate surface area is 135 Å². The van der Waals surface area contributed by atoms with Gasteiger partial charge >= 0.3 is 11.9 Å². The van der Waals surface area contributed by atoms with Gasteiger partial charge in [0.25, 0.3) is 0 Å². The van der Waals surface area contributed by atoms with Crippen LogP contribution in [0.15, 0.2) is 39.3 Å². The Morgan fingerprint density at radius 1 is 1.27 bits per heavy atom. The van der Waals surface area contributed by atoms with Crippen molar-refractivity contribution in [3.63, 3.8) is 0 Å². The summed E-state index contributed by atoms with van der Waals surface area (Å²) in [6.07, 6.45) is 0.833. The number of ether oxygens (including phenoxy) is 2. The summed E-state index contributed by atoms with van der Waals surface area (Å²) >= 11 is 3.07. The molecule has 0 aromatic heterocycles. The third kappa shape index (κ3) is 4.55. The number of benzene rings is 1. The summed E-state index contributed by atoms with van der Waals surface area (Å²) in [5.41, 5.74) is -0.310. The van der Waals surface area contributed by atoms with Gasteiger partial charge in [-0.3, -0.25) is 0 Å². The molecule has 0 saturated carbocycles. The van der Waals surface area contributed by atoms with Gasteiger partial charge in [0.2, 0.25) is 10.0 Å². The topological polar surface area (TPSA) is 125 Å². The first-order chi connectivity index (χ1) is 10.2. The Hall–Kier alpha value is -1.91. The van der Waals surface area contributed by atoms with E-state index in [0.29, 0.717) is 0 Å². The van der Waals surface area contributed by atoms with Crippen molar-refractivity contribution in [1.82, 2.24) is 0 Å². The van der Waals surface area contributed by atoms with E-state index in [1.54, 1.807) is 0 Å². The maximum Gasteiger partial charge on any atom is 0.354 e. The number of rotatable bonds is 5. The second-order valence-corrected chi connectivity index (χ2v) is 6.21. The number of nitrogens with one attached hydrogen (secondary N) is 1. The summed E-state index contributed by atoms with van der Waals surface area (Å²) < 4.78 is 32.4. The summed E-state index contributed by atoms with van der Waals surface area (Å²) in [5.74, 6) is -1.70. The van der Waals surface area contributed by atoms with Crippen molar-refractivity contribution < 1.29 is 27.5 Å². The number of halogens is 1. The summed E-state index contributed by atoms with van der Waals surface area (Å²) in [5, 5.41) is 7.65. The van der Waals surface area contributed by atoms with Crippen LogP contribution in [0.4, 0.5) is 5.69 Å². The number of hydrogen-bond donors (Lipinski definition) is 2. The van der Waals surface area contributed by atoms with E-state index in [-0.39, 0.29) is 20.8 Å². The highest BCUT2D eigenvalue weighted by molar-refractivity contribution is 9.10. The fraction of sp³-hybridized carbons (Fsp3) is 0.167. The van der Waals surface area contributed by atoms with Crippen LogP contribution < -0.4 is 10.5 Å². The lowest BCUT2D eigenvalue weighted by Gasteiger charge is -2.13. The first-order valence-electron chi connectivity index (χ1n) is 5.67. The second kappa shape index (κ2) is 7.38. The fourth-order valence-electron chi connectivity index (χ4n) is 1.47. The Kier molecular flexibility index (Phi) is 6.09. The molecule has 3 N–H and O–H groups in total. The van der Waals surface area contributed by atoms with Crippen LogP contribution in [0, 0.1) is 0 Å². The van der Waals surface area contributed by atoms with Crippen LogP contribution >= 0.6 is 15.9 Å². The van der Waals surface area contributed by atoms with Crippen LogP contribution in [-0.2, 0) is 29.1 Å². The summed E-state index contributed by atoms with van der Waals surface area (Å²) in [7, 11) is -1.85. The molecule has 0 aliphatic rings. The predicted molar refractivity (Wildman–Crippen MR) is 81.3 cm³/mol. The zero-order valence-corrected chi connectivity index (χ0v) is 14.0. The molecule has 0 fully saturated rings. The second-order valence-electron chi connectivity index (χ2n) is 3.86. The van der Waals surface area contributed by atoms with E-state index in [4.69, 9.17) is 5.14 Å². The highest BCUT2D eigenvalue weighted by Gasteiger charge is 2.21.